The quantitative estimate of drug-likeness (QED) is 0.689. The van der Waals surface area contributed by atoms with Crippen LogP contribution in [0.1, 0.15) is 16.2 Å². The second-order valence-electron chi connectivity index (χ2n) is 3.92. The number of anilines is 1. The molecule has 0 amide bonds. The molecule has 2 rings (SSSR count). The molecule has 0 fully saturated rings. The van der Waals surface area contributed by atoms with E-state index in [-0.39, 0.29) is 5.69 Å². The number of benzene rings is 1. The lowest BCUT2D eigenvalue weighted by atomic mass is 10.2. The number of rotatable bonds is 4. The van der Waals surface area contributed by atoms with Gasteiger partial charge in [0.15, 0.2) is 0 Å². The highest BCUT2D eigenvalue weighted by Gasteiger charge is 2.08. The van der Waals surface area contributed by atoms with Crippen LogP contribution in [0.25, 0.3) is 0 Å². The number of aromatic carboxylic acids is 1. The van der Waals surface area contributed by atoms with Gasteiger partial charge in [-0.25, -0.2) is 9.78 Å². The summed E-state index contributed by atoms with van der Waals surface area (Å²) in [6.07, 6.45) is 0. The number of hydrogen-bond acceptors (Lipinski definition) is 3. The summed E-state index contributed by atoms with van der Waals surface area (Å²) in [6.45, 7) is 0.431. The number of nitrogens with zero attached hydrogens (tertiary/aromatic N) is 1. The summed E-state index contributed by atoms with van der Waals surface area (Å²) in [7, 11) is 0. The Balaban J connectivity index is 2.17. The highest BCUT2D eigenvalue weighted by molar-refractivity contribution is 9.11. The standard InChI is InChI=1S/C13H9Br3N2O2/c14-7-4-9(15)12(10(16)5-7)17-6-8-2-1-3-11(18-8)13(19)20/h1-5,17H,6H2,(H,19,20). The minimum absolute atomic E-state index is 0.0400. The van der Waals surface area contributed by atoms with Crippen molar-refractivity contribution in [1.82, 2.24) is 4.98 Å². The van der Waals surface area contributed by atoms with Gasteiger partial charge in [0.1, 0.15) is 5.69 Å². The maximum Gasteiger partial charge on any atom is 0.354 e. The van der Waals surface area contributed by atoms with Crippen molar-refractivity contribution in [3.05, 3.63) is 55.1 Å². The SMILES string of the molecule is O=C(O)c1cccc(CNc2c(Br)cc(Br)cc2Br)n1. The molecule has 0 spiro atoms. The Hall–Kier alpha value is -0.920. The zero-order valence-electron chi connectivity index (χ0n) is 10.0. The monoisotopic (exact) mass is 462 g/mol. The molecule has 104 valence electrons. The van der Waals surface area contributed by atoms with E-state index < -0.39 is 5.97 Å². The first kappa shape index (κ1) is 15.5. The number of carboxylic acids is 1. The van der Waals surface area contributed by atoms with Crippen molar-refractivity contribution >= 4 is 59.4 Å². The van der Waals surface area contributed by atoms with Gasteiger partial charge in [0.25, 0.3) is 0 Å². The average Bonchev–Trinajstić information content (AvgIpc) is 2.37. The fourth-order valence-electron chi connectivity index (χ4n) is 1.59. The highest BCUT2D eigenvalue weighted by atomic mass is 79.9. The van der Waals surface area contributed by atoms with Gasteiger partial charge >= 0.3 is 5.97 Å². The van der Waals surface area contributed by atoms with Crippen LogP contribution < -0.4 is 5.32 Å². The third-order valence-electron chi connectivity index (χ3n) is 2.48. The molecule has 0 unspecified atom stereocenters. The molecular weight excluding hydrogens is 456 g/mol. The number of halogens is 3. The molecule has 20 heavy (non-hydrogen) atoms. The van der Waals surface area contributed by atoms with E-state index in [0.29, 0.717) is 12.2 Å². The number of aromatic nitrogens is 1. The lowest BCUT2D eigenvalue weighted by Gasteiger charge is -2.11. The summed E-state index contributed by atoms with van der Waals surface area (Å²) in [5, 5.41) is 12.1. The van der Waals surface area contributed by atoms with Crippen molar-refractivity contribution in [3.63, 3.8) is 0 Å². The highest BCUT2D eigenvalue weighted by Crippen LogP contribution is 2.34. The molecule has 2 N–H and O–H groups in total. The van der Waals surface area contributed by atoms with Gasteiger partial charge in [0, 0.05) is 13.4 Å². The maximum absolute atomic E-state index is 10.9. The molecule has 0 aliphatic carbocycles. The van der Waals surface area contributed by atoms with Gasteiger partial charge in [-0.15, -0.1) is 0 Å². The topological polar surface area (TPSA) is 62.2 Å². The summed E-state index contributed by atoms with van der Waals surface area (Å²) in [4.78, 5) is 14.9. The summed E-state index contributed by atoms with van der Waals surface area (Å²) in [5.41, 5.74) is 1.58. The number of nitrogens with one attached hydrogen (secondary N) is 1. The lowest BCUT2D eigenvalue weighted by molar-refractivity contribution is 0.0690. The number of carbonyl (C=O) groups is 1. The molecule has 4 nitrogen and oxygen atoms in total. The Labute approximate surface area is 141 Å². The predicted molar refractivity (Wildman–Crippen MR) is 88.1 cm³/mol. The summed E-state index contributed by atoms with van der Waals surface area (Å²) < 4.78 is 2.74. The van der Waals surface area contributed by atoms with Crippen LogP contribution in [0.3, 0.4) is 0 Å². The third kappa shape index (κ3) is 3.80. The Morgan fingerprint density at radius 1 is 1.20 bits per heavy atom. The van der Waals surface area contributed by atoms with Crippen molar-refractivity contribution in [2.75, 3.05) is 5.32 Å². The molecule has 0 aliphatic rings. The van der Waals surface area contributed by atoms with E-state index in [1.165, 1.54) is 6.07 Å². The van der Waals surface area contributed by atoms with E-state index in [1.54, 1.807) is 12.1 Å². The molecule has 1 aromatic carbocycles. The van der Waals surface area contributed by atoms with Crippen molar-refractivity contribution < 1.29 is 9.90 Å². The van der Waals surface area contributed by atoms with Crippen LogP contribution in [-0.4, -0.2) is 16.1 Å². The van der Waals surface area contributed by atoms with Crippen LogP contribution in [-0.2, 0) is 6.54 Å². The van der Waals surface area contributed by atoms with E-state index in [4.69, 9.17) is 5.11 Å². The minimum Gasteiger partial charge on any atom is -0.477 e. The van der Waals surface area contributed by atoms with Crippen molar-refractivity contribution in [2.45, 2.75) is 6.54 Å². The second kappa shape index (κ2) is 6.69. The van der Waals surface area contributed by atoms with Crippen molar-refractivity contribution in [3.8, 4) is 0 Å². The Morgan fingerprint density at radius 2 is 1.85 bits per heavy atom. The smallest absolute Gasteiger partial charge is 0.354 e. The predicted octanol–water partition coefficient (Wildman–Crippen LogP) is 4.68. The molecule has 0 radical (unpaired) electrons. The second-order valence-corrected chi connectivity index (χ2v) is 6.54. The maximum atomic E-state index is 10.9. The summed E-state index contributed by atoms with van der Waals surface area (Å²) >= 11 is 10.3. The van der Waals surface area contributed by atoms with Crippen molar-refractivity contribution in [1.29, 1.82) is 0 Å². The van der Waals surface area contributed by atoms with Crippen LogP contribution in [0.2, 0.25) is 0 Å². The van der Waals surface area contributed by atoms with Gasteiger partial charge in [-0.2, -0.15) is 0 Å². The molecular formula is C13H9Br3N2O2. The first-order valence-electron chi connectivity index (χ1n) is 5.55. The van der Waals surface area contributed by atoms with Crippen LogP contribution >= 0.6 is 47.8 Å². The molecule has 0 saturated heterocycles. The van der Waals surface area contributed by atoms with E-state index >= 15 is 0 Å². The Bertz CT molecular complexity index is 639. The number of carboxylic acid groups (broad SMARTS) is 1. The van der Waals surface area contributed by atoms with Crippen LogP contribution in [0, 0.1) is 0 Å². The zero-order valence-corrected chi connectivity index (χ0v) is 14.8. The summed E-state index contributed by atoms with van der Waals surface area (Å²) in [5.74, 6) is -1.03. The van der Waals surface area contributed by atoms with Crippen LogP contribution in [0.5, 0.6) is 0 Å². The molecule has 1 aromatic heterocycles. The molecule has 0 aliphatic heterocycles. The van der Waals surface area contributed by atoms with Gasteiger partial charge in [0.05, 0.1) is 17.9 Å². The van der Waals surface area contributed by atoms with Crippen LogP contribution in [0.15, 0.2) is 43.7 Å². The number of hydrogen-bond donors (Lipinski definition) is 2. The fourth-order valence-corrected chi connectivity index (χ4v) is 4.13. The lowest BCUT2D eigenvalue weighted by Crippen LogP contribution is -2.07. The van der Waals surface area contributed by atoms with Gasteiger partial charge in [-0.3, -0.25) is 0 Å². The normalized spacial score (nSPS) is 10.3. The number of pyridine rings is 1. The van der Waals surface area contributed by atoms with Gasteiger partial charge in [-0.05, 0) is 56.1 Å². The van der Waals surface area contributed by atoms with E-state index in [0.717, 1.165) is 19.1 Å². The van der Waals surface area contributed by atoms with Gasteiger partial charge in [-0.1, -0.05) is 22.0 Å². The van der Waals surface area contributed by atoms with Gasteiger partial charge < -0.3 is 10.4 Å². The van der Waals surface area contributed by atoms with E-state index in [2.05, 4.69) is 58.1 Å². The molecule has 7 heteroatoms. The molecule has 0 bridgehead atoms. The van der Waals surface area contributed by atoms with Crippen molar-refractivity contribution in [2.24, 2.45) is 0 Å². The Kier molecular flexibility index (Phi) is 5.17. The molecule has 1 heterocycles. The Morgan fingerprint density at radius 3 is 2.45 bits per heavy atom. The van der Waals surface area contributed by atoms with E-state index in [9.17, 15) is 4.79 Å². The van der Waals surface area contributed by atoms with E-state index in [1.807, 2.05) is 12.1 Å². The summed E-state index contributed by atoms with van der Waals surface area (Å²) in [6, 6.07) is 8.78. The first-order valence-corrected chi connectivity index (χ1v) is 7.93. The molecule has 0 saturated carbocycles. The largest absolute Gasteiger partial charge is 0.477 e. The van der Waals surface area contributed by atoms with Gasteiger partial charge in [0.2, 0.25) is 0 Å². The fraction of sp³-hybridized carbons (Fsp3) is 0.0769. The minimum atomic E-state index is -1.03. The van der Waals surface area contributed by atoms with Crippen LogP contribution in [0.4, 0.5) is 5.69 Å². The molecule has 0 atom stereocenters. The average molecular weight is 465 g/mol. The third-order valence-corrected chi connectivity index (χ3v) is 4.19. The zero-order chi connectivity index (χ0) is 14.7. The first-order chi connectivity index (χ1) is 9.47. The molecule has 2 aromatic rings.